The highest BCUT2D eigenvalue weighted by Gasteiger charge is 2.03. The Kier molecular flexibility index (Phi) is 2.41. The van der Waals surface area contributed by atoms with Crippen molar-refractivity contribution in [1.29, 1.82) is 5.41 Å². The van der Waals surface area contributed by atoms with E-state index in [9.17, 15) is 0 Å². The van der Waals surface area contributed by atoms with Gasteiger partial charge in [-0.05, 0) is 34.3 Å². The predicted octanol–water partition coefficient (Wildman–Crippen LogP) is 4.02. The summed E-state index contributed by atoms with van der Waals surface area (Å²) in [5, 5.41) is 12.5. The van der Waals surface area contributed by atoms with Gasteiger partial charge in [-0.25, -0.2) is 4.99 Å². The van der Waals surface area contributed by atoms with Crippen LogP contribution < -0.4 is 0 Å². The van der Waals surface area contributed by atoms with Gasteiger partial charge in [0.25, 0.3) is 0 Å². The molecule has 0 saturated heterocycles. The first-order valence-electron chi connectivity index (χ1n) is 5.77. The fourth-order valence-electron chi connectivity index (χ4n) is 2.24. The second-order valence-corrected chi connectivity index (χ2v) is 4.23. The molecule has 0 saturated carbocycles. The van der Waals surface area contributed by atoms with Crippen LogP contribution in [0.4, 0.5) is 0 Å². The minimum Gasteiger partial charge on any atom is -0.282 e. The van der Waals surface area contributed by atoms with E-state index in [1.54, 1.807) is 0 Å². The number of nitrogens with zero attached hydrogens (tertiary/aromatic N) is 1. The number of benzene rings is 3. The molecule has 3 aromatic rings. The van der Waals surface area contributed by atoms with Gasteiger partial charge in [0.05, 0.1) is 0 Å². The fraction of sp³-hybridized carbons (Fsp3) is 0. The molecule has 0 aliphatic rings. The monoisotopic (exact) mass is 232 g/mol. The van der Waals surface area contributed by atoms with Crippen molar-refractivity contribution in [3.63, 3.8) is 0 Å². The molecule has 3 aromatic carbocycles. The number of hydrogen-bond donors (Lipinski definition) is 1. The van der Waals surface area contributed by atoms with E-state index in [0.717, 1.165) is 10.9 Å². The summed E-state index contributed by atoms with van der Waals surface area (Å²) in [7, 11) is 0. The summed E-state index contributed by atoms with van der Waals surface area (Å²) in [6.45, 7) is 3.40. The quantitative estimate of drug-likeness (QED) is 0.374. The van der Waals surface area contributed by atoms with E-state index in [1.165, 1.54) is 16.2 Å². The Morgan fingerprint density at radius 1 is 0.889 bits per heavy atom. The molecule has 18 heavy (non-hydrogen) atoms. The van der Waals surface area contributed by atoms with Crippen molar-refractivity contribution >= 4 is 34.1 Å². The number of rotatable bonds is 1. The third-order valence-corrected chi connectivity index (χ3v) is 3.18. The Balaban J connectivity index is 2.40. The largest absolute Gasteiger partial charge is 0.282 e. The van der Waals surface area contributed by atoms with Gasteiger partial charge in [0.2, 0.25) is 0 Å². The van der Waals surface area contributed by atoms with Crippen LogP contribution in [0.3, 0.4) is 0 Å². The van der Waals surface area contributed by atoms with Crippen molar-refractivity contribution in [2.45, 2.75) is 0 Å². The summed E-state index contributed by atoms with van der Waals surface area (Å²) in [6, 6.07) is 18.4. The van der Waals surface area contributed by atoms with Crippen molar-refractivity contribution in [3.05, 3.63) is 60.2 Å². The number of aliphatic imine (C=N–C) groups is 1. The molecular formula is C16H12N2. The lowest BCUT2D eigenvalue weighted by Crippen LogP contribution is -1.93. The Morgan fingerprint density at radius 2 is 1.56 bits per heavy atom. The van der Waals surface area contributed by atoms with Gasteiger partial charge in [0.1, 0.15) is 0 Å². The average Bonchev–Trinajstić information content (AvgIpc) is 2.45. The van der Waals surface area contributed by atoms with E-state index >= 15 is 0 Å². The molecule has 0 aromatic heterocycles. The van der Waals surface area contributed by atoms with Crippen LogP contribution in [0.25, 0.3) is 21.5 Å². The number of hydrogen-bond acceptors (Lipinski definition) is 1. The molecule has 0 aliphatic heterocycles. The third-order valence-electron chi connectivity index (χ3n) is 3.18. The van der Waals surface area contributed by atoms with Crippen LogP contribution >= 0.6 is 0 Å². The maximum atomic E-state index is 7.73. The van der Waals surface area contributed by atoms with E-state index in [1.807, 2.05) is 30.3 Å². The SMILES string of the molecule is C=NC(=N)c1ccc2ccc3ccccc3c2c1. The Hall–Kier alpha value is -2.48. The van der Waals surface area contributed by atoms with Gasteiger partial charge in [0, 0.05) is 5.56 Å². The first kappa shape index (κ1) is 10.7. The summed E-state index contributed by atoms with van der Waals surface area (Å²) in [5.41, 5.74) is 0.800. The smallest absolute Gasteiger partial charge is 0.151 e. The van der Waals surface area contributed by atoms with Crippen molar-refractivity contribution in [2.24, 2.45) is 4.99 Å². The maximum Gasteiger partial charge on any atom is 0.151 e. The van der Waals surface area contributed by atoms with Crippen molar-refractivity contribution in [2.75, 3.05) is 0 Å². The third kappa shape index (κ3) is 1.59. The zero-order valence-electron chi connectivity index (χ0n) is 9.85. The molecule has 0 amide bonds. The summed E-state index contributed by atoms with van der Waals surface area (Å²) in [4.78, 5) is 3.68. The minimum atomic E-state index is 0.213. The van der Waals surface area contributed by atoms with Gasteiger partial charge in [-0.15, -0.1) is 0 Å². The van der Waals surface area contributed by atoms with Crippen molar-refractivity contribution in [1.82, 2.24) is 0 Å². The second kappa shape index (κ2) is 4.08. The average molecular weight is 232 g/mol. The van der Waals surface area contributed by atoms with Crippen LogP contribution in [0.15, 0.2) is 59.6 Å². The lowest BCUT2D eigenvalue weighted by molar-refractivity contribution is 1.44. The molecule has 0 aliphatic carbocycles. The summed E-state index contributed by atoms with van der Waals surface area (Å²) >= 11 is 0. The van der Waals surface area contributed by atoms with Gasteiger partial charge in [-0.3, -0.25) is 5.41 Å². The van der Waals surface area contributed by atoms with Crippen molar-refractivity contribution < 1.29 is 0 Å². The molecule has 3 rings (SSSR count). The second-order valence-electron chi connectivity index (χ2n) is 4.23. The van der Waals surface area contributed by atoms with Crippen LogP contribution in [0.2, 0.25) is 0 Å². The zero-order valence-corrected chi connectivity index (χ0v) is 9.85. The Labute approximate surface area is 105 Å². The molecule has 0 heterocycles. The van der Waals surface area contributed by atoms with Crippen molar-refractivity contribution in [3.8, 4) is 0 Å². The maximum absolute atomic E-state index is 7.73. The molecule has 0 spiro atoms. The highest BCUT2D eigenvalue weighted by Crippen LogP contribution is 2.26. The first-order chi connectivity index (χ1) is 8.79. The molecule has 0 atom stereocenters. The number of fused-ring (bicyclic) bond motifs is 3. The fourth-order valence-corrected chi connectivity index (χ4v) is 2.24. The van der Waals surface area contributed by atoms with Gasteiger partial charge < -0.3 is 0 Å². The molecule has 0 bridgehead atoms. The van der Waals surface area contributed by atoms with Crippen LogP contribution in [-0.4, -0.2) is 12.6 Å². The van der Waals surface area contributed by atoms with E-state index in [0.29, 0.717) is 0 Å². The highest BCUT2D eigenvalue weighted by molar-refractivity contribution is 6.10. The lowest BCUT2D eigenvalue weighted by atomic mass is 10.00. The Bertz CT molecular complexity index is 772. The molecule has 2 nitrogen and oxygen atoms in total. The summed E-state index contributed by atoms with van der Waals surface area (Å²) in [6.07, 6.45) is 0. The molecular weight excluding hydrogens is 220 g/mol. The number of nitrogens with one attached hydrogen (secondary N) is 1. The van der Waals surface area contributed by atoms with Gasteiger partial charge >= 0.3 is 0 Å². The van der Waals surface area contributed by atoms with E-state index in [-0.39, 0.29) is 5.84 Å². The van der Waals surface area contributed by atoms with Crippen LogP contribution in [0.1, 0.15) is 5.56 Å². The van der Waals surface area contributed by atoms with Gasteiger partial charge in [-0.1, -0.05) is 48.5 Å². The molecule has 2 heteroatoms. The standard InChI is InChI=1S/C16H12N2/c1-18-16(17)13-9-8-12-7-6-11-4-2-3-5-14(11)15(12)10-13/h2-10,17H,1H2. The molecule has 1 N–H and O–H groups in total. The molecule has 86 valence electrons. The van der Waals surface area contributed by atoms with Gasteiger partial charge in [-0.2, -0.15) is 0 Å². The zero-order chi connectivity index (χ0) is 12.5. The van der Waals surface area contributed by atoms with Crippen LogP contribution in [0.5, 0.6) is 0 Å². The molecule has 0 fully saturated rings. The van der Waals surface area contributed by atoms with E-state index in [2.05, 4.69) is 36.0 Å². The van der Waals surface area contributed by atoms with Crippen LogP contribution in [-0.2, 0) is 0 Å². The molecule has 0 unspecified atom stereocenters. The molecule has 0 radical (unpaired) electrons. The normalized spacial score (nSPS) is 10.7. The number of amidine groups is 1. The Morgan fingerprint density at radius 3 is 2.33 bits per heavy atom. The van der Waals surface area contributed by atoms with E-state index in [4.69, 9.17) is 5.41 Å². The summed E-state index contributed by atoms with van der Waals surface area (Å²) in [5.74, 6) is 0.213. The predicted molar refractivity (Wildman–Crippen MR) is 77.8 cm³/mol. The summed E-state index contributed by atoms with van der Waals surface area (Å²) < 4.78 is 0. The van der Waals surface area contributed by atoms with Crippen LogP contribution in [0, 0.1) is 5.41 Å². The topological polar surface area (TPSA) is 36.2 Å². The highest BCUT2D eigenvalue weighted by atomic mass is 14.8. The first-order valence-corrected chi connectivity index (χ1v) is 5.77. The lowest BCUT2D eigenvalue weighted by Gasteiger charge is -2.05. The van der Waals surface area contributed by atoms with E-state index < -0.39 is 0 Å². The van der Waals surface area contributed by atoms with Gasteiger partial charge in [0.15, 0.2) is 5.84 Å². The minimum absolute atomic E-state index is 0.213.